The van der Waals surface area contributed by atoms with Gasteiger partial charge >= 0.3 is 0 Å². The number of hydrogen-bond acceptors (Lipinski definition) is 4. The second kappa shape index (κ2) is 6.78. The second-order valence-electron chi connectivity index (χ2n) is 4.95. The zero-order chi connectivity index (χ0) is 11.4. The Bertz CT molecular complexity index is 264. The molecule has 2 rings (SSSR count). The maximum absolute atomic E-state index is 5.45. The van der Waals surface area contributed by atoms with Gasteiger partial charge in [0.1, 0.15) is 0 Å². The zero-order valence-corrected chi connectivity index (χ0v) is 13.2. The number of rotatable bonds is 3. The summed E-state index contributed by atoms with van der Waals surface area (Å²) in [6, 6.07) is 0. The van der Waals surface area contributed by atoms with Crippen LogP contribution < -0.4 is 5.32 Å². The molecule has 0 atom stereocenters. The van der Waals surface area contributed by atoms with Crippen molar-refractivity contribution in [2.24, 2.45) is 10.4 Å². The summed E-state index contributed by atoms with van der Waals surface area (Å²) in [5.74, 6) is 1.07. The predicted molar refractivity (Wildman–Crippen MR) is 81.1 cm³/mol. The minimum Gasteiger partial charge on any atom is -0.381 e. The molecule has 100 valence electrons. The van der Waals surface area contributed by atoms with E-state index in [1.165, 1.54) is 19.3 Å². The highest BCUT2D eigenvalue weighted by atomic mass is 127. The van der Waals surface area contributed by atoms with Crippen molar-refractivity contribution >= 4 is 29.9 Å². The Balaban J connectivity index is 0.00000144. The van der Waals surface area contributed by atoms with Gasteiger partial charge in [-0.05, 0) is 24.7 Å². The first-order chi connectivity index (χ1) is 7.76. The van der Waals surface area contributed by atoms with E-state index in [2.05, 4.69) is 29.2 Å². The number of aliphatic imine (C=N–C) groups is 1. The Morgan fingerprint density at radius 3 is 2.65 bits per heavy atom. The van der Waals surface area contributed by atoms with Crippen LogP contribution in [0.4, 0.5) is 0 Å². The maximum Gasteiger partial charge on any atom is 0.193 e. The van der Waals surface area contributed by atoms with Gasteiger partial charge in [-0.3, -0.25) is 4.99 Å². The van der Waals surface area contributed by atoms with Crippen molar-refractivity contribution in [2.75, 3.05) is 39.9 Å². The maximum atomic E-state index is 5.45. The summed E-state index contributed by atoms with van der Waals surface area (Å²) >= 11 is 0. The van der Waals surface area contributed by atoms with Gasteiger partial charge in [-0.2, -0.15) is 0 Å². The molecular formula is C12H24IN3O. The van der Waals surface area contributed by atoms with Crippen molar-refractivity contribution in [3.63, 3.8) is 0 Å². The Hall–Kier alpha value is -0.0400. The minimum atomic E-state index is 0. The molecule has 4 nitrogen and oxygen atoms in total. The molecule has 0 aromatic rings. The molecule has 0 aromatic carbocycles. The Kier molecular flexibility index (Phi) is 5.99. The molecule has 17 heavy (non-hydrogen) atoms. The lowest BCUT2D eigenvalue weighted by Gasteiger charge is -2.37. The largest absolute Gasteiger partial charge is 0.381 e. The van der Waals surface area contributed by atoms with Crippen molar-refractivity contribution in [3.05, 3.63) is 0 Å². The molecular weight excluding hydrogens is 329 g/mol. The lowest BCUT2D eigenvalue weighted by molar-refractivity contribution is 0.0147. The number of likely N-dealkylation sites (N-methyl/N-ethyl adjacent to an activating group) is 1. The molecule has 0 radical (unpaired) electrons. The van der Waals surface area contributed by atoms with Crippen LogP contribution in [0.15, 0.2) is 4.99 Å². The highest BCUT2D eigenvalue weighted by Gasteiger charge is 2.31. The van der Waals surface area contributed by atoms with Crippen LogP contribution in [0.3, 0.4) is 0 Å². The molecule has 1 N–H and O–H groups in total. The Labute approximate surface area is 121 Å². The minimum absolute atomic E-state index is 0. The highest BCUT2D eigenvalue weighted by molar-refractivity contribution is 14.0. The summed E-state index contributed by atoms with van der Waals surface area (Å²) < 4.78 is 5.45. The lowest BCUT2D eigenvalue weighted by atomic mass is 9.78. The quantitative estimate of drug-likeness (QED) is 0.785. The molecule has 1 saturated heterocycles. The van der Waals surface area contributed by atoms with Crippen LogP contribution in [0.5, 0.6) is 0 Å². The second-order valence-corrected chi connectivity index (χ2v) is 4.95. The van der Waals surface area contributed by atoms with E-state index in [1.807, 2.05) is 0 Å². The molecule has 1 fully saturated rings. The van der Waals surface area contributed by atoms with Gasteiger partial charge in [0.15, 0.2) is 5.96 Å². The molecule has 2 aliphatic rings. The first-order valence-corrected chi connectivity index (χ1v) is 6.33. The van der Waals surface area contributed by atoms with Gasteiger partial charge in [0, 0.05) is 33.4 Å². The molecule has 0 aromatic heterocycles. The summed E-state index contributed by atoms with van der Waals surface area (Å²) in [5, 5.41) is 3.51. The molecule has 5 heteroatoms. The van der Waals surface area contributed by atoms with Gasteiger partial charge in [0.05, 0.1) is 6.54 Å². The normalized spacial score (nSPS) is 22.9. The molecule has 0 spiro atoms. The number of hydrogen-bond donors (Lipinski definition) is 1. The van der Waals surface area contributed by atoms with Gasteiger partial charge in [0.2, 0.25) is 0 Å². The van der Waals surface area contributed by atoms with Crippen LogP contribution in [-0.2, 0) is 4.74 Å². The molecule has 0 saturated carbocycles. The Morgan fingerprint density at radius 1 is 1.41 bits per heavy atom. The number of nitrogens with zero attached hydrogens (tertiary/aromatic N) is 2. The van der Waals surface area contributed by atoms with E-state index in [9.17, 15) is 0 Å². The van der Waals surface area contributed by atoms with Crippen molar-refractivity contribution in [2.45, 2.75) is 26.2 Å². The van der Waals surface area contributed by atoms with Gasteiger partial charge in [-0.25, -0.2) is 0 Å². The van der Waals surface area contributed by atoms with Crippen LogP contribution in [0.1, 0.15) is 26.2 Å². The first kappa shape index (κ1) is 15.0. The van der Waals surface area contributed by atoms with E-state index in [4.69, 9.17) is 4.74 Å². The number of ether oxygens (including phenoxy) is 1. The monoisotopic (exact) mass is 353 g/mol. The SMILES string of the molecule is CCC1(CNC2=NCCN2C)CCOCC1.I. The summed E-state index contributed by atoms with van der Waals surface area (Å²) in [6.45, 7) is 7.13. The van der Waals surface area contributed by atoms with Crippen LogP contribution in [-0.4, -0.2) is 50.8 Å². The molecule has 0 unspecified atom stereocenters. The predicted octanol–water partition coefficient (Wildman–Crippen LogP) is 1.70. The highest BCUT2D eigenvalue weighted by Crippen LogP contribution is 2.33. The van der Waals surface area contributed by atoms with Gasteiger partial charge < -0.3 is 15.0 Å². The summed E-state index contributed by atoms with van der Waals surface area (Å²) in [7, 11) is 2.10. The average molecular weight is 353 g/mol. The van der Waals surface area contributed by atoms with Crippen LogP contribution in [0, 0.1) is 5.41 Å². The van der Waals surface area contributed by atoms with E-state index in [-0.39, 0.29) is 24.0 Å². The van der Waals surface area contributed by atoms with E-state index in [0.29, 0.717) is 5.41 Å². The average Bonchev–Trinajstić information content (AvgIpc) is 2.74. The zero-order valence-electron chi connectivity index (χ0n) is 10.9. The third-order valence-electron chi connectivity index (χ3n) is 3.98. The van der Waals surface area contributed by atoms with Crippen molar-refractivity contribution in [1.82, 2.24) is 10.2 Å². The van der Waals surface area contributed by atoms with E-state index >= 15 is 0 Å². The lowest BCUT2D eigenvalue weighted by Crippen LogP contribution is -2.44. The van der Waals surface area contributed by atoms with Crippen LogP contribution in [0.2, 0.25) is 0 Å². The summed E-state index contributed by atoms with van der Waals surface area (Å²) in [6.07, 6.45) is 3.57. The number of guanidine groups is 1. The van der Waals surface area contributed by atoms with Crippen LogP contribution >= 0.6 is 24.0 Å². The topological polar surface area (TPSA) is 36.9 Å². The fourth-order valence-corrected chi connectivity index (χ4v) is 2.45. The van der Waals surface area contributed by atoms with Crippen molar-refractivity contribution in [1.29, 1.82) is 0 Å². The summed E-state index contributed by atoms with van der Waals surface area (Å²) in [5.41, 5.74) is 0.421. The molecule has 2 aliphatic heterocycles. The van der Waals surface area contributed by atoms with Crippen LogP contribution in [0.25, 0.3) is 0 Å². The molecule has 0 bridgehead atoms. The van der Waals surface area contributed by atoms with Gasteiger partial charge in [-0.15, -0.1) is 24.0 Å². The van der Waals surface area contributed by atoms with Gasteiger partial charge in [-0.1, -0.05) is 6.92 Å². The number of nitrogens with one attached hydrogen (secondary N) is 1. The van der Waals surface area contributed by atoms with Crippen molar-refractivity contribution < 1.29 is 4.74 Å². The molecule has 2 heterocycles. The van der Waals surface area contributed by atoms with E-state index < -0.39 is 0 Å². The third-order valence-corrected chi connectivity index (χ3v) is 3.98. The van der Waals surface area contributed by atoms with Gasteiger partial charge in [0.25, 0.3) is 0 Å². The van der Waals surface area contributed by atoms with E-state index in [0.717, 1.165) is 38.8 Å². The van der Waals surface area contributed by atoms with E-state index in [1.54, 1.807) is 0 Å². The Morgan fingerprint density at radius 2 is 2.12 bits per heavy atom. The summed E-state index contributed by atoms with van der Waals surface area (Å²) in [4.78, 5) is 6.66. The fourth-order valence-electron chi connectivity index (χ4n) is 2.45. The third kappa shape index (κ3) is 3.71. The first-order valence-electron chi connectivity index (χ1n) is 6.33. The van der Waals surface area contributed by atoms with Crippen molar-refractivity contribution in [3.8, 4) is 0 Å². The molecule has 0 amide bonds. The standard InChI is InChI=1S/C12H23N3O.HI/c1-3-12(4-8-16-9-5-12)10-14-11-13-6-7-15(11)2;/h3-10H2,1-2H3,(H,13,14);1H. The smallest absolute Gasteiger partial charge is 0.193 e. The fraction of sp³-hybridized carbons (Fsp3) is 0.917. The number of halogens is 1. The molecule has 0 aliphatic carbocycles.